The molecular formula is C21H26N4O2. The predicted molar refractivity (Wildman–Crippen MR) is 103 cm³/mol. The second-order valence-corrected chi connectivity index (χ2v) is 6.85. The number of carbonyl (C=O) groups excluding carboxylic acids is 2. The number of piperidine rings is 1. The number of pyridine rings is 2. The molecule has 2 aromatic heterocycles. The minimum atomic E-state index is -0.131. The van der Waals surface area contributed by atoms with Gasteiger partial charge in [0.2, 0.25) is 11.8 Å². The quantitative estimate of drug-likeness (QED) is 0.754. The molecule has 1 fully saturated rings. The Bertz CT molecular complexity index is 751. The Labute approximate surface area is 160 Å². The molecule has 0 radical (unpaired) electrons. The van der Waals surface area contributed by atoms with Crippen LogP contribution in [0.3, 0.4) is 0 Å². The van der Waals surface area contributed by atoms with Gasteiger partial charge in [-0.15, -0.1) is 0 Å². The van der Waals surface area contributed by atoms with Crippen molar-refractivity contribution in [1.82, 2.24) is 19.8 Å². The summed E-state index contributed by atoms with van der Waals surface area (Å²) in [6, 6.07) is 9.65. The van der Waals surface area contributed by atoms with Gasteiger partial charge in [0, 0.05) is 63.3 Å². The van der Waals surface area contributed by atoms with Crippen LogP contribution < -0.4 is 0 Å². The van der Waals surface area contributed by atoms with Gasteiger partial charge in [-0.2, -0.15) is 0 Å². The summed E-state index contributed by atoms with van der Waals surface area (Å²) in [6.45, 7) is 4.33. The number of aromatic nitrogens is 2. The maximum Gasteiger partial charge on any atom is 0.227 e. The van der Waals surface area contributed by atoms with Crippen molar-refractivity contribution in [2.75, 3.05) is 19.6 Å². The van der Waals surface area contributed by atoms with E-state index in [0.717, 1.165) is 11.3 Å². The lowest BCUT2D eigenvalue weighted by molar-refractivity contribution is -0.143. The highest BCUT2D eigenvalue weighted by atomic mass is 16.2. The standard InChI is InChI=1S/C21H26N4O2/c1-2-24(15-17-8-12-22-13-9-17)21(27)18-6-7-20(26)25(16-18)14-10-19-5-3-4-11-23-19/h3-5,8-9,11-13,18H,2,6-7,10,14-16H2,1H3/t18-/m0/s1. The maximum absolute atomic E-state index is 13.0. The third-order valence-corrected chi connectivity index (χ3v) is 5.03. The molecule has 1 aliphatic rings. The molecule has 6 heteroatoms. The molecule has 0 bridgehead atoms. The third kappa shape index (κ3) is 5.12. The topological polar surface area (TPSA) is 66.4 Å². The average Bonchev–Trinajstić information content (AvgIpc) is 2.72. The van der Waals surface area contributed by atoms with Gasteiger partial charge in [-0.05, 0) is 43.2 Å². The van der Waals surface area contributed by atoms with Gasteiger partial charge in [0.05, 0.1) is 5.92 Å². The Hall–Kier alpha value is -2.76. The van der Waals surface area contributed by atoms with Gasteiger partial charge in [0.1, 0.15) is 0 Å². The number of rotatable bonds is 7. The van der Waals surface area contributed by atoms with Crippen LogP contribution in [-0.2, 0) is 22.6 Å². The Morgan fingerprint density at radius 3 is 2.74 bits per heavy atom. The van der Waals surface area contributed by atoms with Gasteiger partial charge < -0.3 is 9.80 Å². The van der Waals surface area contributed by atoms with E-state index in [1.165, 1.54) is 0 Å². The van der Waals surface area contributed by atoms with Crippen molar-refractivity contribution in [2.45, 2.75) is 32.7 Å². The molecule has 3 rings (SSSR count). The van der Waals surface area contributed by atoms with E-state index in [1.807, 2.05) is 47.1 Å². The highest BCUT2D eigenvalue weighted by Gasteiger charge is 2.32. The molecular weight excluding hydrogens is 340 g/mol. The molecule has 0 saturated carbocycles. The monoisotopic (exact) mass is 366 g/mol. The average molecular weight is 366 g/mol. The summed E-state index contributed by atoms with van der Waals surface area (Å²) in [4.78, 5) is 37.3. The number of carbonyl (C=O) groups is 2. The third-order valence-electron chi connectivity index (χ3n) is 5.03. The number of hydrogen-bond acceptors (Lipinski definition) is 4. The fourth-order valence-corrected chi connectivity index (χ4v) is 3.44. The van der Waals surface area contributed by atoms with E-state index in [1.54, 1.807) is 18.6 Å². The lowest BCUT2D eigenvalue weighted by Gasteiger charge is -2.34. The van der Waals surface area contributed by atoms with Gasteiger partial charge >= 0.3 is 0 Å². The van der Waals surface area contributed by atoms with Crippen LogP contribution in [0.25, 0.3) is 0 Å². The van der Waals surface area contributed by atoms with Crippen LogP contribution >= 0.6 is 0 Å². The highest BCUT2D eigenvalue weighted by Crippen LogP contribution is 2.21. The molecule has 6 nitrogen and oxygen atoms in total. The summed E-state index contributed by atoms with van der Waals surface area (Å²) in [7, 11) is 0. The van der Waals surface area contributed by atoms with Crippen LogP contribution in [0.2, 0.25) is 0 Å². The van der Waals surface area contributed by atoms with Crippen LogP contribution in [-0.4, -0.2) is 51.2 Å². The molecule has 1 atom stereocenters. The van der Waals surface area contributed by atoms with E-state index in [2.05, 4.69) is 9.97 Å². The van der Waals surface area contributed by atoms with Crippen molar-refractivity contribution in [3.05, 3.63) is 60.2 Å². The van der Waals surface area contributed by atoms with Crippen molar-refractivity contribution >= 4 is 11.8 Å². The smallest absolute Gasteiger partial charge is 0.227 e. The number of hydrogen-bond donors (Lipinski definition) is 0. The number of likely N-dealkylation sites (tertiary alicyclic amines) is 1. The van der Waals surface area contributed by atoms with Gasteiger partial charge in [0.25, 0.3) is 0 Å². The SMILES string of the molecule is CCN(Cc1ccncc1)C(=O)[C@H]1CCC(=O)N(CCc2ccccn2)C1. The first kappa shape index (κ1) is 19.0. The highest BCUT2D eigenvalue weighted by molar-refractivity contribution is 5.83. The van der Waals surface area contributed by atoms with Gasteiger partial charge in [-0.25, -0.2) is 0 Å². The Kier molecular flexibility index (Phi) is 6.52. The van der Waals surface area contributed by atoms with E-state index in [0.29, 0.717) is 45.4 Å². The molecule has 0 spiro atoms. The van der Waals surface area contributed by atoms with Crippen LogP contribution in [0, 0.1) is 5.92 Å². The fraction of sp³-hybridized carbons (Fsp3) is 0.429. The van der Waals surface area contributed by atoms with E-state index < -0.39 is 0 Å². The summed E-state index contributed by atoms with van der Waals surface area (Å²) in [5.41, 5.74) is 2.03. The zero-order chi connectivity index (χ0) is 19.1. The van der Waals surface area contributed by atoms with Gasteiger partial charge in [-0.3, -0.25) is 19.6 Å². The van der Waals surface area contributed by atoms with Crippen molar-refractivity contribution in [2.24, 2.45) is 5.92 Å². The Morgan fingerprint density at radius 2 is 2.04 bits per heavy atom. The zero-order valence-corrected chi connectivity index (χ0v) is 15.8. The van der Waals surface area contributed by atoms with Crippen molar-refractivity contribution in [3.8, 4) is 0 Å². The Balaban J connectivity index is 1.59. The second-order valence-electron chi connectivity index (χ2n) is 6.85. The lowest BCUT2D eigenvalue weighted by atomic mass is 9.95. The summed E-state index contributed by atoms with van der Waals surface area (Å²) in [5, 5.41) is 0. The predicted octanol–water partition coefficient (Wildman–Crippen LogP) is 2.31. The second kappa shape index (κ2) is 9.26. The van der Waals surface area contributed by atoms with Crippen LogP contribution in [0.5, 0.6) is 0 Å². The summed E-state index contributed by atoms with van der Waals surface area (Å²) in [5.74, 6) is 0.130. The fourth-order valence-electron chi connectivity index (χ4n) is 3.44. The van der Waals surface area contributed by atoms with Gasteiger partial charge in [-0.1, -0.05) is 6.07 Å². The van der Waals surface area contributed by atoms with E-state index in [4.69, 9.17) is 0 Å². The normalized spacial score (nSPS) is 17.0. The van der Waals surface area contributed by atoms with Crippen LogP contribution in [0.4, 0.5) is 0 Å². The summed E-state index contributed by atoms with van der Waals surface area (Å²) < 4.78 is 0. The minimum Gasteiger partial charge on any atom is -0.342 e. The largest absolute Gasteiger partial charge is 0.342 e. The van der Waals surface area contributed by atoms with Gasteiger partial charge in [0.15, 0.2) is 0 Å². The molecule has 142 valence electrons. The molecule has 1 saturated heterocycles. The van der Waals surface area contributed by atoms with Crippen molar-refractivity contribution < 1.29 is 9.59 Å². The van der Waals surface area contributed by atoms with Crippen molar-refractivity contribution in [3.63, 3.8) is 0 Å². The summed E-state index contributed by atoms with van der Waals surface area (Å²) >= 11 is 0. The maximum atomic E-state index is 13.0. The molecule has 2 aromatic rings. The molecule has 1 aliphatic heterocycles. The van der Waals surface area contributed by atoms with Crippen molar-refractivity contribution in [1.29, 1.82) is 0 Å². The van der Waals surface area contributed by atoms with E-state index in [-0.39, 0.29) is 17.7 Å². The number of amides is 2. The molecule has 2 amide bonds. The minimum absolute atomic E-state index is 0.129. The molecule has 27 heavy (non-hydrogen) atoms. The lowest BCUT2D eigenvalue weighted by Crippen LogP contribution is -2.47. The first-order valence-corrected chi connectivity index (χ1v) is 9.52. The van der Waals surface area contributed by atoms with Crippen LogP contribution in [0.1, 0.15) is 31.0 Å². The molecule has 0 unspecified atom stereocenters. The molecule has 3 heterocycles. The van der Waals surface area contributed by atoms with E-state index in [9.17, 15) is 9.59 Å². The first-order chi connectivity index (χ1) is 13.2. The molecule has 0 aromatic carbocycles. The Morgan fingerprint density at radius 1 is 1.22 bits per heavy atom. The molecule has 0 N–H and O–H groups in total. The number of nitrogens with zero attached hydrogens (tertiary/aromatic N) is 4. The van der Waals surface area contributed by atoms with Crippen LogP contribution in [0.15, 0.2) is 48.9 Å². The zero-order valence-electron chi connectivity index (χ0n) is 15.8. The van der Waals surface area contributed by atoms with E-state index >= 15 is 0 Å². The summed E-state index contributed by atoms with van der Waals surface area (Å²) in [6.07, 6.45) is 7.02. The first-order valence-electron chi connectivity index (χ1n) is 9.52. The molecule has 0 aliphatic carbocycles.